The number of aromatic amines is 1. The first-order valence-electron chi connectivity index (χ1n) is 11.1. The summed E-state index contributed by atoms with van der Waals surface area (Å²) in [4.78, 5) is 29.1. The number of hydrogen-bond acceptors (Lipinski definition) is 6. The number of carbonyl (C=O) groups excluding carboxylic acids is 2. The number of urea groups is 2. The number of anilines is 2. The van der Waals surface area contributed by atoms with E-state index in [1.807, 2.05) is 0 Å². The van der Waals surface area contributed by atoms with Gasteiger partial charge in [-0.1, -0.05) is 35.3 Å². The van der Waals surface area contributed by atoms with E-state index >= 15 is 0 Å². The fraction of sp³-hybridized carbons (Fsp3) is 0.167. The molecule has 0 fully saturated rings. The molecule has 7 N–H and O–H groups in total. The lowest BCUT2D eigenvalue weighted by molar-refractivity contribution is 0.248. The molecule has 2 heterocycles. The van der Waals surface area contributed by atoms with Crippen molar-refractivity contribution in [2.24, 2.45) is 0 Å². The maximum Gasteiger partial charge on any atom is 0.320 e. The van der Waals surface area contributed by atoms with Crippen molar-refractivity contribution in [3.63, 3.8) is 0 Å². The van der Waals surface area contributed by atoms with E-state index < -0.39 is 24.1 Å². The van der Waals surface area contributed by atoms with Crippen LogP contribution in [0.5, 0.6) is 11.5 Å². The van der Waals surface area contributed by atoms with Crippen LogP contribution in [0, 0.1) is 0 Å². The summed E-state index contributed by atoms with van der Waals surface area (Å²) in [5.74, 6) is 0.358. The molecule has 13 heteroatoms. The molecule has 2 aromatic carbocycles. The zero-order valence-corrected chi connectivity index (χ0v) is 21.1. The summed E-state index contributed by atoms with van der Waals surface area (Å²) in [7, 11) is 0. The minimum atomic E-state index is -0.515. The van der Waals surface area contributed by atoms with Gasteiger partial charge in [-0.25, -0.2) is 14.6 Å². The number of phenols is 2. The van der Waals surface area contributed by atoms with E-state index in [1.54, 1.807) is 44.2 Å². The van der Waals surface area contributed by atoms with Crippen molar-refractivity contribution >= 4 is 57.8 Å². The van der Waals surface area contributed by atoms with E-state index in [2.05, 4.69) is 36.4 Å². The second-order valence-corrected chi connectivity index (χ2v) is 9.06. The van der Waals surface area contributed by atoms with Crippen molar-refractivity contribution in [1.29, 1.82) is 0 Å². The van der Waals surface area contributed by atoms with Gasteiger partial charge in [0.1, 0.15) is 17.3 Å². The SMILES string of the molecule is CC(NC(=O)Nc1cc2[nH]nc(NC(=O)NC(C)c3ccc(Cl)c(O)c3)c2cn1)c1ccc(Cl)c(O)c1. The van der Waals surface area contributed by atoms with Gasteiger partial charge in [0, 0.05) is 12.3 Å². The van der Waals surface area contributed by atoms with E-state index in [0.29, 0.717) is 22.0 Å². The monoisotopic (exact) mass is 543 g/mol. The van der Waals surface area contributed by atoms with Gasteiger partial charge in [0.2, 0.25) is 0 Å². The largest absolute Gasteiger partial charge is 0.506 e. The van der Waals surface area contributed by atoms with E-state index in [9.17, 15) is 19.8 Å². The van der Waals surface area contributed by atoms with Gasteiger partial charge in [-0.05, 0) is 49.2 Å². The van der Waals surface area contributed by atoms with Gasteiger partial charge >= 0.3 is 12.1 Å². The van der Waals surface area contributed by atoms with Gasteiger partial charge in [-0.2, -0.15) is 5.10 Å². The number of nitrogens with one attached hydrogen (secondary N) is 5. The summed E-state index contributed by atoms with van der Waals surface area (Å²) < 4.78 is 0. The number of halogens is 2. The molecule has 11 nitrogen and oxygen atoms in total. The molecule has 0 saturated carbocycles. The molecule has 2 atom stereocenters. The second-order valence-electron chi connectivity index (χ2n) is 8.25. The Balaban J connectivity index is 1.36. The van der Waals surface area contributed by atoms with Crippen LogP contribution in [-0.2, 0) is 0 Å². The summed E-state index contributed by atoms with van der Waals surface area (Å²) in [6.07, 6.45) is 1.46. The summed E-state index contributed by atoms with van der Waals surface area (Å²) in [5.41, 5.74) is 1.87. The highest BCUT2D eigenvalue weighted by molar-refractivity contribution is 6.32. The van der Waals surface area contributed by atoms with Gasteiger partial charge in [0.25, 0.3) is 0 Å². The average molecular weight is 544 g/mol. The molecule has 0 radical (unpaired) electrons. The highest BCUT2D eigenvalue weighted by atomic mass is 35.5. The summed E-state index contributed by atoms with van der Waals surface area (Å²) >= 11 is 11.7. The Hall–Kier alpha value is -4.22. The van der Waals surface area contributed by atoms with Crippen molar-refractivity contribution in [1.82, 2.24) is 25.8 Å². The van der Waals surface area contributed by atoms with Crippen LogP contribution < -0.4 is 21.3 Å². The summed E-state index contributed by atoms with van der Waals surface area (Å²) in [6.45, 7) is 3.51. The van der Waals surface area contributed by atoms with Crippen molar-refractivity contribution < 1.29 is 19.8 Å². The van der Waals surface area contributed by atoms with E-state index in [-0.39, 0.29) is 33.2 Å². The molecule has 4 amide bonds. The Morgan fingerprint density at radius 2 is 1.41 bits per heavy atom. The van der Waals surface area contributed by atoms with Crippen LogP contribution in [0.4, 0.5) is 21.2 Å². The molecule has 0 aliphatic heterocycles. The Labute approximate surface area is 221 Å². The van der Waals surface area contributed by atoms with Gasteiger partial charge < -0.3 is 20.8 Å². The smallest absolute Gasteiger partial charge is 0.320 e. The van der Waals surface area contributed by atoms with Crippen LogP contribution in [0.1, 0.15) is 37.1 Å². The predicted octanol–water partition coefficient (Wildman–Crippen LogP) is 5.44. The molecule has 2 unspecified atom stereocenters. The first-order chi connectivity index (χ1) is 17.6. The fourth-order valence-electron chi connectivity index (χ4n) is 3.53. The Morgan fingerprint density at radius 3 is 1.95 bits per heavy atom. The predicted molar refractivity (Wildman–Crippen MR) is 141 cm³/mol. The molecule has 0 aliphatic rings. The van der Waals surface area contributed by atoms with Gasteiger partial charge in [-0.15, -0.1) is 0 Å². The van der Waals surface area contributed by atoms with Crippen LogP contribution in [0.15, 0.2) is 48.7 Å². The standard InChI is InChI=1S/C24H23Cl2N7O4/c1-11(13-3-5-16(25)19(34)7-13)28-23(36)30-21-9-18-15(10-27-21)22(33-32-18)31-24(37)29-12(2)14-4-6-17(26)20(35)8-14/h3-12,34-35H,1-2H3,(H2,27,28,30,36)(H3,29,31,32,33,37). The van der Waals surface area contributed by atoms with Gasteiger partial charge in [0.15, 0.2) is 5.82 Å². The van der Waals surface area contributed by atoms with Gasteiger partial charge in [-0.3, -0.25) is 15.7 Å². The number of fused-ring (bicyclic) bond motifs is 1. The number of aromatic hydroxyl groups is 2. The van der Waals surface area contributed by atoms with Crippen LogP contribution in [0.3, 0.4) is 0 Å². The lowest BCUT2D eigenvalue weighted by Crippen LogP contribution is -2.31. The fourth-order valence-corrected chi connectivity index (χ4v) is 3.77. The molecule has 0 saturated heterocycles. The van der Waals surface area contributed by atoms with Crippen molar-refractivity contribution in [3.8, 4) is 11.5 Å². The number of pyridine rings is 1. The Kier molecular flexibility index (Phi) is 7.55. The minimum absolute atomic E-state index is 0.0728. The van der Waals surface area contributed by atoms with E-state index in [4.69, 9.17) is 23.2 Å². The highest BCUT2D eigenvalue weighted by Gasteiger charge is 2.16. The topological polar surface area (TPSA) is 164 Å². The van der Waals surface area contributed by atoms with E-state index in [1.165, 1.54) is 18.3 Å². The number of carbonyl (C=O) groups is 2. The number of amides is 4. The lowest BCUT2D eigenvalue weighted by Gasteiger charge is -2.15. The molecule has 0 aliphatic carbocycles. The van der Waals surface area contributed by atoms with Crippen molar-refractivity contribution in [3.05, 3.63) is 69.8 Å². The molecule has 0 bridgehead atoms. The highest BCUT2D eigenvalue weighted by Crippen LogP contribution is 2.28. The number of benzene rings is 2. The molecule has 0 spiro atoms. The Bertz CT molecular complexity index is 1480. The van der Waals surface area contributed by atoms with Crippen molar-refractivity contribution in [2.45, 2.75) is 25.9 Å². The molecular weight excluding hydrogens is 521 g/mol. The molecule has 2 aromatic heterocycles. The maximum absolute atomic E-state index is 12.5. The molecule has 4 aromatic rings. The first kappa shape index (κ1) is 25.9. The number of rotatable bonds is 6. The average Bonchev–Trinajstić information content (AvgIpc) is 3.23. The number of phenolic OH excluding ortho intramolecular Hbond substituents is 2. The third-order valence-electron chi connectivity index (χ3n) is 5.56. The molecule has 4 rings (SSSR count). The quantitative estimate of drug-likeness (QED) is 0.171. The van der Waals surface area contributed by atoms with Crippen LogP contribution in [0.25, 0.3) is 10.9 Å². The first-order valence-corrected chi connectivity index (χ1v) is 11.8. The van der Waals surface area contributed by atoms with Crippen LogP contribution >= 0.6 is 23.2 Å². The third kappa shape index (κ3) is 6.13. The zero-order valence-electron chi connectivity index (χ0n) is 19.6. The normalized spacial score (nSPS) is 12.5. The second kappa shape index (κ2) is 10.8. The van der Waals surface area contributed by atoms with Gasteiger partial charge in [0.05, 0.1) is 33.0 Å². The minimum Gasteiger partial charge on any atom is -0.506 e. The van der Waals surface area contributed by atoms with Crippen molar-refractivity contribution in [2.75, 3.05) is 10.6 Å². The summed E-state index contributed by atoms with van der Waals surface area (Å²) in [6, 6.07) is 9.18. The molecule has 37 heavy (non-hydrogen) atoms. The molecule has 192 valence electrons. The maximum atomic E-state index is 12.5. The number of nitrogens with zero attached hydrogens (tertiary/aromatic N) is 2. The zero-order chi connectivity index (χ0) is 26.7. The number of aromatic nitrogens is 3. The number of H-pyrrole nitrogens is 1. The lowest BCUT2D eigenvalue weighted by atomic mass is 10.1. The third-order valence-corrected chi connectivity index (χ3v) is 6.20. The summed E-state index contributed by atoms with van der Waals surface area (Å²) in [5, 5.41) is 38.2. The van der Waals surface area contributed by atoms with Crippen LogP contribution in [-0.4, -0.2) is 37.5 Å². The molecular formula is C24H23Cl2N7O4. The number of hydrogen-bond donors (Lipinski definition) is 7. The Morgan fingerprint density at radius 1 is 0.865 bits per heavy atom. The van der Waals surface area contributed by atoms with E-state index in [0.717, 1.165) is 0 Å². The van der Waals surface area contributed by atoms with Crippen LogP contribution in [0.2, 0.25) is 10.0 Å².